The Bertz CT molecular complexity index is 538. The zero-order chi connectivity index (χ0) is 15.4. The number of rotatable bonds is 4. The van der Waals surface area contributed by atoms with Gasteiger partial charge >= 0.3 is 0 Å². The van der Waals surface area contributed by atoms with Crippen LogP contribution < -0.4 is 4.90 Å². The molecular weight excluding hydrogens is 278 g/mol. The summed E-state index contributed by atoms with van der Waals surface area (Å²) in [6.45, 7) is 4.44. The van der Waals surface area contributed by atoms with Crippen LogP contribution in [0.4, 0.5) is 5.69 Å². The summed E-state index contributed by atoms with van der Waals surface area (Å²) in [5, 5.41) is 0. The number of carbonyl (C=O) groups excluding carboxylic acids is 2. The van der Waals surface area contributed by atoms with Crippen molar-refractivity contribution in [2.45, 2.75) is 19.3 Å². The molecule has 2 amide bonds. The quantitative estimate of drug-likeness (QED) is 0.783. The molecule has 1 aromatic carbocycles. The summed E-state index contributed by atoms with van der Waals surface area (Å²) in [4.78, 5) is 29.0. The van der Waals surface area contributed by atoms with Gasteiger partial charge in [-0.25, -0.2) is 0 Å². The fourth-order valence-electron chi connectivity index (χ4n) is 3.31. The van der Waals surface area contributed by atoms with Gasteiger partial charge in [-0.05, 0) is 24.5 Å². The van der Waals surface area contributed by atoms with E-state index in [2.05, 4.69) is 29.2 Å². The lowest BCUT2D eigenvalue weighted by Gasteiger charge is -2.34. The third-order valence-corrected chi connectivity index (χ3v) is 4.62. The maximum atomic E-state index is 12.3. The van der Waals surface area contributed by atoms with Crippen LogP contribution >= 0.6 is 0 Å². The van der Waals surface area contributed by atoms with Crippen molar-refractivity contribution in [1.29, 1.82) is 0 Å². The Morgan fingerprint density at radius 3 is 2.64 bits per heavy atom. The van der Waals surface area contributed by atoms with Gasteiger partial charge in [0.05, 0.1) is 0 Å². The molecule has 1 saturated heterocycles. The molecule has 118 valence electrons. The SMILES string of the molecule is O=CN1CCN(C(=O)CCN2CCCc3ccccc32)CC1. The Hall–Kier alpha value is -2.04. The van der Waals surface area contributed by atoms with Gasteiger partial charge in [-0.2, -0.15) is 0 Å². The van der Waals surface area contributed by atoms with Gasteiger partial charge in [0.1, 0.15) is 0 Å². The Kier molecular flexibility index (Phi) is 4.61. The first-order valence-electron chi connectivity index (χ1n) is 8.08. The van der Waals surface area contributed by atoms with Crippen molar-refractivity contribution in [3.63, 3.8) is 0 Å². The normalized spacial score (nSPS) is 18.1. The fourth-order valence-corrected chi connectivity index (χ4v) is 3.31. The van der Waals surface area contributed by atoms with Crippen LogP contribution in [0.2, 0.25) is 0 Å². The molecular formula is C17H23N3O2. The third-order valence-electron chi connectivity index (χ3n) is 4.62. The molecule has 0 spiro atoms. The highest BCUT2D eigenvalue weighted by Crippen LogP contribution is 2.26. The van der Waals surface area contributed by atoms with E-state index < -0.39 is 0 Å². The predicted molar refractivity (Wildman–Crippen MR) is 85.8 cm³/mol. The van der Waals surface area contributed by atoms with Crippen LogP contribution in [0.15, 0.2) is 24.3 Å². The van der Waals surface area contributed by atoms with Crippen LogP contribution in [0.3, 0.4) is 0 Å². The van der Waals surface area contributed by atoms with Crippen molar-refractivity contribution in [3.8, 4) is 0 Å². The number of fused-ring (bicyclic) bond motifs is 1. The van der Waals surface area contributed by atoms with E-state index in [9.17, 15) is 9.59 Å². The second-order valence-electron chi connectivity index (χ2n) is 5.99. The van der Waals surface area contributed by atoms with Gasteiger partial charge in [-0.15, -0.1) is 0 Å². The number of aryl methyl sites for hydroxylation is 1. The smallest absolute Gasteiger partial charge is 0.224 e. The first-order chi connectivity index (χ1) is 10.8. The van der Waals surface area contributed by atoms with Crippen molar-refractivity contribution < 1.29 is 9.59 Å². The van der Waals surface area contributed by atoms with Crippen molar-refractivity contribution in [2.24, 2.45) is 0 Å². The highest BCUT2D eigenvalue weighted by atomic mass is 16.2. The molecule has 2 aliphatic rings. The number of anilines is 1. The van der Waals surface area contributed by atoms with Crippen LogP contribution in [-0.4, -0.2) is 61.4 Å². The minimum atomic E-state index is 0.202. The number of amides is 2. The minimum Gasteiger partial charge on any atom is -0.371 e. The van der Waals surface area contributed by atoms with Crippen molar-refractivity contribution in [2.75, 3.05) is 44.2 Å². The fraction of sp³-hybridized carbons (Fsp3) is 0.529. The third kappa shape index (κ3) is 3.24. The van der Waals surface area contributed by atoms with Crippen LogP contribution in [0, 0.1) is 0 Å². The van der Waals surface area contributed by atoms with E-state index >= 15 is 0 Å². The number of piperazine rings is 1. The maximum Gasteiger partial charge on any atom is 0.224 e. The monoisotopic (exact) mass is 301 g/mol. The first kappa shape index (κ1) is 14.9. The van der Waals surface area contributed by atoms with Crippen molar-refractivity contribution in [3.05, 3.63) is 29.8 Å². The molecule has 1 aromatic rings. The molecule has 0 atom stereocenters. The molecule has 5 heteroatoms. The van der Waals surface area contributed by atoms with E-state index in [1.807, 2.05) is 4.90 Å². The van der Waals surface area contributed by atoms with E-state index in [-0.39, 0.29) is 5.91 Å². The topological polar surface area (TPSA) is 43.9 Å². The molecule has 0 unspecified atom stereocenters. The summed E-state index contributed by atoms with van der Waals surface area (Å²) in [6, 6.07) is 8.49. The van der Waals surface area contributed by atoms with Gasteiger partial charge in [0, 0.05) is 51.4 Å². The Balaban J connectivity index is 1.53. The van der Waals surface area contributed by atoms with Crippen LogP contribution in [0.25, 0.3) is 0 Å². The summed E-state index contributed by atoms with van der Waals surface area (Å²) in [5.41, 5.74) is 2.67. The Morgan fingerprint density at radius 1 is 1.09 bits per heavy atom. The second-order valence-corrected chi connectivity index (χ2v) is 5.99. The number of para-hydroxylation sites is 1. The van der Waals surface area contributed by atoms with Crippen molar-refractivity contribution in [1.82, 2.24) is 9.80 Å². The van der Waals surface area contributed by atoms with Crippen LogP contribution in [0.1, 0.15) is 18.4 Å². The average Bonchev–Trinajstić information content (AvgIpc) is 2.59. The number of carbonyl (C=O) groups is 2. The molecule has 3 rings (SSSR count). The summed E-state index contributed by atoms with van der Waals surface area (Å²) in [5.74, 6) is 0.202. The van der Waals surface area contributed by atoms with Crippen LogP contribution in [0.5, 0.6) is 0 Å². The van der Waals surface area contributed by atoms with E-state index in [4.69, 9.17) is 0 Å². The average molecular weight is 301 g/mol. The largest absolute Gasteiger partial charge is 0.371 e. The van der Waals surface area contributed by atoms with Gasteiger partial charge in [0.15, 0.2) is 0 Å². The molecule has 22 heavy (non-hydrogen) atoms. The lowest BCUT2D eigenvalue weighted by Crippen LogP contribution is -2.48. The number of nitrogens with zero attached hydrogens (tertiary/aromatic N) is 3. The van der Waals surface area contributed by atoms with Gasteiger partial charge < -0.3 is 14.7 Å². The predicted octanol–water partition coefficient (Wildman–Crippen LogP) is 1.13. The molecule has 1 fully saturated rings. The van der Waals surface area contributed by atoms with E-state index in [1.165, 1.54) is 11.3 Å². The molecule has 0 saturated carbocycles. The highest BCUT2D eigenvalue weighted by molar-refractivity contribution is 5.77. The zero-order valence-electron chi connectivity index (χ0n) is 12.9. The van der Waals surface area contributed by atoms with Gasteiger partial charge in [-0.3, -0.25) is 9.59 Å². The van der Waals surface area contributed by atoms with Crippen LogP contribution in [-0.2, 0) is 16.0 Å². The molecule has 5 nitrogen and oxygen atoms in total. The van der Waals surface area contributed by atoms with E-state index in [1.54, 1.807) is 4.90 Å². The number of hydrogen-bond donors (Lipinski definition) is 0. The van der Waals surface area contributed by atoms with Gasteiger partial charge in [-0.1, -0.05) is 18.2 Å². The molecule has 0 bridgehead atoms. The number of hydrogen-bond acceptors (Lipinski definition) is 3. The summed E-state index contributed by atoms with van der Waals surface area (Å²) in [7, 11) is 0. The molecule has 0 radical (unpaired) electrons. The summed E-state index contributed by atoms with van der Waals surface area (Å²) >= 11 is 0. The van der Waals surface area contributed by atoms with Gasteiger partial charge in [0.2, 0.25) is 12.3 Å². The molecule has 0 aromatic heterocycles. The first-order valence-corrected chi connectivity index (χ1v) is 8.08. The summed E-state index contributed by atoms with van der Waals surface area (Å²) in [6.07, 6.45) is 3.71. The molecule has 0 aliphatic carbocycles. The highest BCUT2D eigenvalue weighted by Gasteiger charge is 2.22. The van der Waals surface area contributed by atoms with E-state index in [0.29, 0.717) is 32.6 Å². The Morgan fingerprint density at radius 2 is 1.86 bits per heavy atom. The van der Waals surface area contributed by atoms with E-state index in [0.717, 1.165) is 32.3 Å². The number of benzene rings is 1. The zero-order valence-corrected chi connectivity index (χ0v) is 12.9. The lowest BCUT2D eigenvalue weighted by atomic mass is 10.0. The lowest BCUT2D eigenvalue weighted by molar-refractivity contribution is -0.135. The minimum absolute atomic E-state index is 0.202. The second kappa shape index (κ2) is 6.81. The van der Waals surface area contributed by atoms with Gasteiger partial charge in [0.25, 0.3) is 0 Å². The maximum absolute atomic E-state index is 12.3. The molecule has 0 N–H and O–H groups in total. The molecule has 2 aliphatic heterocycles. The van der Waals surface area contributed by atoms with Crippen molar-refractivity contribution >= 4 is 18.0 Å². The Labute approximate surface area is 131 Å². The summed E-state index contributed by atoms with van der Waals surface area (Å²) < 4.78 is 0. The molecule has 2 heterocycles. The standard InChI is InChI=1S/C17H23N3O2/c21-14-18-10-12-20(13-11-18)17(22)7-9-19-8-3-5-15-4-1-2-6-16(15)19/h1-2,4,6,14H,3,5,7-13H2.